The fraction of sp³-hybridized carbons (Fsp3) is 0.350. The Bertz CT molecular complexity index is 936. The first-order valence-corrected chi connectivity index (χ1v) is 10.1. The van der Waals surface area contributed by atoms with E-state index in [1.807, 2.05) is 18.0 Å². The van der Waals surface area contributed by atoms with Crippen LogP contribution in [0.3, 0.4) is 0 Å². The van der Waals surface area contributed by atoms with Crippen molar-refractivity contribution in [1.82, 2.24) is 5.01 Å². The Kier molecular flexibility index (Phi) is 5.01. The number of rotatable bonds is 4. The van der Waals surface area contributed by atoms with E-state index >= 15 is 0 Å². The summed E-state index contributed by atoms with van der Waals surface area (Å²) in [6.07, 6.45) is 0.681. The number of nitrogens with one attached hydrogen (secondary N) is 1. The molecule has 0 aliphatic carbocycles. The van der Waals surface area contributed by atoms with Crippen LogP contribution in [-0.2, 0) is 4.87 Å². The van der Waals surface area contributed by atoms with Gasteiger partial charge in [0.2, 0.25) is 0 Å². The summed E-state index contributed by atoms with van der Waals surface area (Å²) >= 11 is 1.35. The number of para-hydroxylation sites is 1. The monoisotopic (exact) mass is 406 g/mol. The third-order valence-corrected chi connectivity index (χ3v) is 6.87. The Morgan fingerprint density at radius 2 is 2.07 bits per heavy atom. The summed E-state index contributed by atoms with van der Waals surface area (Å²) in [4.78, 5) is -0.731. The molecule has 8 heteroatoms. The second-order valence-electron chi connectivity index (χ2n) is 6.86. The van der Waals surface area contributed by atoms with Crippen LogP contribution in [0.25, 0.3) is 0 Å². The van der Waals surface area contributed by atoms with Crippen molar-refractivity contribution >= 4 is 22.5 Å². The molecular weight excluding hydrogens is 385 g/mol. The first-order valence-electron chi connectivity index (χ1n) is 9.24. The highest BCUT2D eigenvalue weighted by Gasteiger charge is 2.54. The molecule has 0 saturated carbocycles. The summed E-state index contributed by atoms with van der Waals surface area (Å²) < 4.78 is 42.8. The fourth-order valence-electron chi connectivity index (χ4n) is 4.05. The zero-order chi connectivity index (χ0) is 19.9. The van der Waals surface area contributed by atoms with Crippen LogP contribution >= 0.6 is 11.8 Å². The zero-order valence-corrected chi connectivity index (χ0v) is 16.2. The van der Waals surface area contributed by atoms with Gasteiger partial charge in [0.05, 0.1) is 5.69 Å². The molecule has 3 N–H and O–H groups in total. The third kappa shape index (κ3) is 2.86. The Labute approximate surface area is 166 Å². The van der Waals surface area contributed by atoms with Crippen LogP contribution in [0.1, 0.15) is 24.5 Å². The molecule has 2 aromatic rings. The van der Waals surface area contributed by atoms with Gasteiger partial charge in [-0.3, -0.25) is 5.01 Å². The minimum absolute atomic E-state index is 0.00891. The molecule has 0 saturated heterocycles. The second-order valence-corrected chi connectivity index (χ2v) is 8.07. The summed E-state index contributed by atoms with van der Waals surface area (Å²) in [7, 11) is 0. The molecule has 148 valence electrons. The van der Waals surface area contributed by atoms with Crippen LogP contribution in [0, 0.1) is 23.4 Å². The third-order valence-electron chi connectivity index (χ3n) is 5.30. The van der Waals surface area contributed by atoms with E-state index in [-0.39, 0.29) is 17.3 Å². The summed E-state index contributed by atoms with van der Waals surface area (Å²) in [5.74, 6) is -1.40. The molecule has 0 radical (unpaired) electrons. The van der Waals surface area contributed by atoms with Crippen LogP contribution < -0.4 is 11.1 Å². The van der Waals surface area contributed by atoms with E-state index in [0.29, 0.717) is 36.8 Å². The first kappa shape index (κ1) is 19.1. The number of fused-ring (bicyclic) bond motifs is 2. The SMILES string of the molecule is CCN1N=C(c2cc(F)ccc2F)SC12c1cccc(F)c1NCC2CCN. The van der Waals surface area contributed by atoms with Crippen molar-refractivity contribution in [3.63, 3.8) is 0 Å². The molecule has 2 aromatic carbocycles. The summed E-state index contributed by atoms with van der Waals surface area (Å²) in [6.45, 7) is 3.45. The highest BCUT2D eigenvalue weighted by atomic mass is 32.2. The molecule has 1 spiro atoms. The number of hydrogen-bond acceptors (Lipinski definition) is 5. The first-order chi connectivity index (χ1) is 13.5. The van der Waals surface area contributed by atoms with Gasteiger partial charge in [-0.15, -0.1) is 0 Å². The predicted molar refractivity (Wildman–Crippen MR) is 107 cm³/mol. The van der Waals surface area contributed by atoms with E-state index in [1.165, 1.54) is 17.8 Å². The number of halogens is 3. The maximum Gasteiger partial charge on any atom is 0.146 e. The fourth-order valence-corrected chi connectivity index (χ4v) is 5.68. The number of anilines is 1. The lowest BCUT2D eigenvalue weighted by Crippen LogP contribution is -2.50. The number of hydrazone groups is 1. The summed E-state index contributed by atoms with van der Waals surface area (Å²) in [5.41, 5.74) is 7.15. The van der Waals surface area contributed by atoms with Gasteiger partial charge in [-0.05, 0) is 44.2 Å². The van der Waals surface area contributed by atoms with Crippen molar-refractivity contribution in [2.24, 2.45) is 16.8 Å². The lowest BCUT2D eigenvalue weighted by molar-refractivity contribution is 0.123. The number of thioether (sulfide) groups is 1. The second kappa shape index (κ2) is 7.33. The average molecular weight is 406 g/mol. The normalized spacial score (nSPS) is 23.5. The highest BCUT2D eigenvalue weighted by molar-refractivity contribution is 8.15. The highest BCUT2D eigenvalue weighted by Crippen LogP contribution is 2.56. The smallest absolute Gasteiger partial charge is 0.146 e. The molecule has 2 aliphatic rings. The number of hydrogen-bond donors (Lipinski definition) is 2. The topological polar surface area (TPSA) is 53.6 Å². The Morgan fingerprint density at radius 1 is 1.25 bits per heavy atom. The van der Waals surface area contributed by atoms with Gasteiger partial charge in [0, 0.05) is 30.1 Å². The van der Waals surface area contributed by atoms with E-state index in [1.54, 1.807) is 6.07 Å². The predicted octanol–water partition coefficient (Wildman–Crippen LogP) is 4.08. The molecule has 0 fully saturated rings. The van der Waals surface area contributed by atoms with Gasteiger partial charge in [0.1, 0.15) is 27.4 Å². The molecular formula is C20H21F3N4S. The average Bonchev–Trinajstić information content (AvgIpc) is 3.07. The van der Waals surface area contributed by atoms with Gasteiger partial charge in [-0.2, -0.15) is 5.10 Å². The summed E-state index contributed by atoms with van der Waals surface area (Å²) in [6, 6.07) is 8.27. The molecule has 2 atom stereocenters. The van der Waals surface area contributed by atoms with Crippen molar-refractivity contribution in [2.45, 2.75) is 18.2 Å². The molecule has 4 rings (SSSR count). The van der Waals surface area contributed by atoms with Gasteiger partial charge < -0.3 is 11.1 Å². The Morgan fingerprint density at radius 3 is 2.82 bits per heavy atom. The number of nitrogens with two attached hydrogens (primary N) is 1. The lowest BCUT2D eigenvalue weighted by Gasteiger charge is -2.47. The van der Waals surface area contributed by atoms with Crippen LogP contribution in [0.2, 0.25) is 0 Å². The number of benzene rings is 2. The maximum absolute atomic E-state index is 14.5. The van der Waals surface area contributed by atoms with Crippen molar-refractivity contribution in [3.8, 4) is 0 Å². The standard InChI is InChI=1S/C20H21F3N4S/c1-2-27-20(28-19(26-27)14-10-13(21)6-7-16(14)22)12(8-9-24)11-25-18-15(20)4-3-5-17(18)23/h3-7,10,12,25H,2,8-9,11,24H2,1H3. The zero-order valence-electron chi connectivity index (χ0n) is 15.4. The minimum atomic E-state index is -0.731. The van der Waals surface area contributed by atoms with Gasteiger partial charge >= 0.3 is 0 Å². The van der Waals surface area contributed by atoms with E-state index in [4.69, 9.17) is 5.73 Å². The van der Waals surface area contributed by atoms with Crippen LogP contribution in [0.15, 0.2) is 41.5 Å². The molecule has 4 nitrogen and oxygen atoms in total. The quantitative estimate of drug-likeness (QED) is 0.804. The molecule has 0 bridgehead atoms. The van der Waals surface area contributed by atoms with Gasteiger partial charge in [-0.25, -0.2) is 13.2 Å². The summed E-state index contributed by atoms with van der Waals surface area (Å²) in [5, 5.41) is 10.1. The molecule has 28 heavy (non-hydrogen) atoms. The van der Waals surface area contributed by atoms with Crippen LogP contribution in [0.5, 0.6) is 0 Å². The Balaban J connectivity index is 1.87. The molecule has 0 aromatic heterocycles. The lowest BCUT2D eigenvalue weighted by atomic mass is 9.84. The molecule has 2 unspecified atom stereocenters. The van der Waals surface area contributed by atoms with Crippen molar-refractivity contribution in [2.75, 3.05) is 25.0 Å². The molecule has 0 amide bonds. The van der Waals surface area contributed by atoms with Crippen molar-refractivity contribution < 1.29 is 13.2 Å². The Hall–Kier alpha value is -2.19. The number of nitrogens with zero attached hydrogens (tertiary/aromatic N) is 2. The van der Waals surface area contributed by atoms with Gasteiger partial charge in [0.15, 0.2) is 0 Å². The molecule has 2 aliphatic heterocycles. The van der Waals surface area contributed by atoms with Crippen molar-refractivity contribution in [1.29, 1.82) is 0 Å². The van der Waals surface area contributed by atoms with Gasteiger partial charge in [0.25, 0.3) is 0 Å². The van der Waals surface area contributed by atoms with E-state index in [0.717, 1.165) is 23.8 Å². The largest absolute Gasteiger partial charge is 0.382 e. The van der Waals surface area contributed by atoms with E-state index in [2.05, 4.69) is 10.4 Å². The maximum atomic E-state index is 14.5. The van der Waals surface area contributed by atoms with Crippen LogP contribution in [-0.4, -0.2) is 29.7 Å². The molecule has 2 heterocycles. The van der Waals surface area contributed by atoms with Crippen LogP contribution in [0.4, 0.5) is 18.9 Å². The van der Waals surface area contributed by atoms with Gasteiger partial charge in [-0.1, -0.05) is 23.9 Å². The van der Waals surface area contributed by atoms with E-state index in [9.17, 15) is 13.2 Å². The van der Waals surface area contributed by atoms with E-state index < -0.39 is 16.5 Å². The van der Waals surface area contributed by atoms with Crippen molar-refractivity contribution in [3.05, 3.63) is 65.0 Å². The minimum Gasteiger partial charge on any atom is -0.382 e.